The third-order valence-electron chi connectivity index (χ3n) is 6.81. The van der Waals surface area contributed by atoms with Gasteiger partial charge in [0.1, 0.15) is 5.82 Å². The van der Waals surface area contributed by atoms with Crippen LogP contribution in [0.5, 0.6) is 0 Å². The Morgan fingerprint density at radius 1 is 1.05 bits per heavy atom. The summed E-state index contributed by atoms with van der Waals surface area (Å²) >= 11 is 0. The van der Waals surface area contributed by atoms with Crippen molar-refractivity contribution >= 4 is 21.9 Å². The highest BCUT2D eigenvalue weighted by atomic mass is 32.2. The molecule has 1 atom stereocenters. The summed E-state index contributed by atoms with van der Waals surface area (Å²) in [5, 5.41) is 15.5. The van der Waals surface area contributed by atoms with Gasteiger partial charge in [-0.15, -0.1) is 0 Å². The van der Waals surface area contributed by atoms with Crippen LogP contribution in [0.2, 0.25) is 0 Å². The molecule has 3 aromatic rings. The molecule has 1 aromatic heterocycles. The smallest absolute Gasteiger partial charge is 0.475 e. The molecule has 0 unspecified atom stereocenters. The van der Waals surface area contributed by atoms with Gasteiger partial charge in [0.2, 0.25) is 15.9 Å². The lowest BCUT2D eigenvalue weighted by molar-refractivity contribution is -0.192. The molecule has 10 nitrogen and oxygen atoms in total. The third-order valence-corrected chi connectivity index (χ3v) is 7.74. The number of hydrogen-bond acceptors (Lipinski definition) is 6. The van der Waals surface area contributed by atoms with E-state index in [1.165, 1.54) is 12.1 Å². The van der Waals surface area contributed by atoms with Crippen molar-refractivity contribution in [2.24, 2.45) is 22.7 Å². The topological polar surface area (TPSA) is 181 Å². The predicted octanol–water partition coefficient (Wildman–Crippen LogP) is 3.52. The molecule has 41 heavy (non-hydrogen) atoms. The summed E-state index contributed by atoms with van der Waals surface area (Å²) in [5.41, 5.74) is 8.39. The van der Waals surface area contributed by atoms with Crippen molar-refractivity contribution in [2.75, 3.05) is 6.54 Å². The molecule has 2 aromatic carbocycles. The van der Waals surface area contributed by atoms with E-state index in [2.05, 4.69) is 15.3 Å². The number of carboxylic acids is 1. The number of nitrogens with one attached hydrogen (secondary N) is 2. The van der Waals surface area contributed by atoms with Crippen LogP contribution < -0.4 is 16.2 Å². The number of amides is 1. The standard InChI is InChI=1S/C25H31N5O3S.C2HF3O2/c26-15-18-6-8-20(9-7-18)25(31)30-22(14-17-4-2-1-3-5-17)24-28-16-23(29-24)19-10-12-21(13-11-19)34(27,32)33;3-2(4,5)1(6)7/h1-5,10-13,16,18,20,22H,6-9,14-15,26H2,(H,28,29)(H,30,31)(H2,27,32,33);(H,6,7)/t18?,20?,22-;/m0./s1. The van der Waals surface area contributed by atoms with Gasteiger partial charge in [-0.25, -0.2) is 23.3 Å². The van der Waals surface area contributed by atoms with Gasteiger partial charge in [-0.2, -0.15) is 13.2 Å². The van der Waals surface area contributed by atoms with Crippen molar-refractivity contribution in [3.8, 4) is 11.3 Å². The fraction of sp³-hybridized carbons (Fsp3) is 0.370. The summed E-state index contributed by atoms with van der Waals surface area (Å²) in [6.45, 7) is 0.679. The molecule has 1 aliphatic carbocycles. The zero-order valence-electron chi connectivity index (χ0n) is 22.0. The van der Waals surface area contributed by atoms with Crippen LogP contribution in [-0.2, 0) is 26.0 Å². The Morgan fingerprint density at radius 3 is 2.15 bits per heavy atom. The van der Waals surface area contributed by atoms with E-state index in [0.717, 1.165) is 42.5 Å². The Morgan fingerprint density at radius 2 is 1.63 bits per heavy atom. The van der Waals surface area contributed by atoms with E-state index in [9.17, 15) is 26.4 Å². The zero-order chi connectivity index (χ0) is 30.2. The highest BCUT2D eigenvalue weighted by Crippen LogP contribution is 2.29. The van der Waals surface area contributed by atoms with Crippen molar-refractivity contribution in [1.82, 2.24) is 15.3 Å². The SMILES string of the molecule is NCC1CCC(C(=O)N[C@@H](Cc2ccccc2)c2ncc(-c3ccc(S(N)(=O)=O)cc3)[nH]2)CC1.O=C(O)C(F)(F)F. The number of imidazole rings is 1. The van der Waals surface area contributed by atoms with E-state index in [-0.39, 0.29) is 22.8 Å². The summed E-state index contributed by atoms with van der Waals surface area (Å²) in [7, 11) is -3.75. The number of benzene rings is 2. The van der Waals surface area contributed by atoms with Crippen molar-refractivity contribution in [3.63, 3.8) is 0 Å². The molecule has 4 rings (SSSR count). The highest BCUT2D eigenvalue weighted by Gasteiger charge is 2.38. The molecule has 1 amide bonds. The highest BCUT2D eigenvalue weighted by molar-refractivity contribution is 7.89. The number of carbonyl (C=O) groups excluding carboxylic acids is 1. The van der Waals surface area contributed by atoms with Gasteiger partial charge in [0.05, 0.1) is 22.8 Å². The first-order valence-corrected chi connectivity index (χ1v) is 14.3. The first kappa shape index (κ1) is 31.8. The average molecular weight is 596 g/mol. The maximum absolute atomic E-state index is 13.1. The van der Waals surface area contributed by atoms with Crippen LogP contribution in [0.1, 0.15) is 43.1 Å². The van der Waals surface area contributed by atoms with Gasteiger partial charge in [-0.05, 0) is 67.8 Å². The minimum atomic E-state index is -5.08. The molecule has 7 N–H and O–H groups in total. The molecular weight excluding hydrogens is 563 g/mol. The molecule has 222 valence electrons. The van der Waals surface area contributed by atoms with Crippen LogP contribution in [-0.4, -0.2) is 48.1 Å². The fourth-order valence-corrected chi connectivity index (χ4v) is 5.02. The van der Waals surface area contributed by atoms with Gasteiger partial charge >= 0.3 is 12.1 Å². The second-order valence-corrected chi connectivity index (χ2v) is 11.3. The number of nitrogens with two attached hydrogens (primary N) is 2. The lowest BCUT2D eigenvalue weighted by Crippen LogP contribution is -2.37. The summed E-state index contributed by atoms with van der Waals surface area (Å²) in [6.07, 6.45) is 0.881. The largest absolute Gasteiger partial charge is 0.490 e. The number of H-pyrrole nitrogens is 1. The van der Waals surface area contributed by atoms with E-state index in [1.54, 1.807) is 18.3 Å². The second-order valence-electron chi connectivity index (χ2n) is 9.76. The number of aromatic amines is 1. The van der Waals surface area contributed by atoms with Gasteiger partial charge in [0, 0.05) is 5.92 Å². The first-order chi connectivity index (χ1) is 19.3. The molecule has 1 aliphatic rings. The minimum Gasteiger partial charge on any atom is -0.475 e. The number of nitrogens with zero attached hydrogens (tertiary/aromatic N) is 1. The molecule has 0 spiro atoms. The van der Waals surface area contributed by atoms with Crippen LogP contribution >= 0.6 is 0 Å². The van der Waals surface area contributed by atoms with E-state index >= 15 is 0 Å². The molecule has 1 fully saturated rings. The van der Waals surface area contributed by atoms with E-state index in [0.29, 0.717) is 24.7 Å². The number of sulfonamides is 1. The number of halogens is 3. The number of rotatable bonds is 8. The van der Waals surface area contributed by atoms with Crippen molar-refractivity contribution in [1.29, 1.82) is 0 Å². The molecular formula is C27H32F3N5O5S. The zero-order valence-corrected chi connectivity index (χ0v) is 22.8. The number of carboxylic acid groups (broad SMARTS) is 1. The molecule has 1 heterocycles. The van der Waals surface area contributed by atoms with Crippen LogP contribution in [0, 0.1) is 11.8 Å². The number of aromatic nitrogens is 2. The number of aliphatic carboxylic acids is 1. The summed E-state index contributed by atoms with van der Waals surface area (Å²) < 4.78 is 54.8. The Balaban J connectivity index is 0.000000587. The number of hydrogen-bond donors (Lipinski definition) is 5. The van der Waals surface area contributed by atoms with E-state index in [4.69, 9.17) is 20.8 Å². The van der Waals surface area contributed by atoms with Gasteiger partial charge < -0.3 is 21.1 Å². The van der Waals surface area contributed by atoms with Crippen molar-refractivity contribution in [3.05, 3.63) is 72.2 Å². The van der Waals surface area contributed by atoms with Gasteiger partial charge in [-0.1, -0.05) is 42.5 Å². The lowest BCUT2D eigenvalue weighted by Gasteiger charge is -2.28. The summed E-state index contributed by atoms with van der Waals surface area (Å²) in [6, 6.07) is 15.9. The Kier molecular flexibility index (Phi) is 10.7. The monoisotopic (exact) mass is 595 g/mol. The summed E-state index contributed by atoms with van der Waals surface area (Å²) in [5.74, 6) is -1.56. The van der Waals surface area contributed by atoms with Crippen LogP contribution in [0.4, 0.5) is 13.2 Å². The number of alkyl halides is 3. The van der Waals surface area contributed by atoms with Crippen molar-refractivity contribution < 1.29 is 36.3 Å². The van der Waals surface area contributed by atoms with Gasteiger partial charge in [0.25, 0.3) is 0 Å². The van der Waals surface area contributed by atoms with Crippen LogP contribution in [0.3, 0.4) is 0 Å². The molecule has 0 saturated heterocycles. The Bertz CT molecular complexity index is 1410. The number of carbonyl (C=O) groups is 2. The first-order valence-electron chi connectivity index (χ1n) is 12.8. The Hall–Kier alpha value is -3.75. The normalized spacial score (nSPS) is 18.1. The maximum atomic E-state index is 13.1. The molecule has 0 radical (unpaired) electrons. The average Bonchev–Trinajstić information content (AvgIpc) is 3.43. The molecule has 0 bridgehead atoms. The van der Waals surface area contributed by atoms with Gasteiger partial charge in [-0.3, -0.25) is 4.79 Å². The fourth-order valence-electron chi connectivity index (χ4n) is 4.50. The van der Waals surface area contributed by atoms with Crippen LogP contribution in [0.25, 0.3) is 11.3 Å². The lowest BCUT2D eigenvalue weighted by atomic mass is 9.81. The second kappa shape index (κ2) is 13.7. The molecule has 14 heteroatoms. The van der Waals surface area contributed by atoms with E-state index < -0.39 is 22.2 Å². The maximum Gasteiger partial charge on any atom is 0.490 e. The quantitative estimate of drug-likeness (QED) is 0.264. The predicted molar refractivity (Wildman–Crippen MR) is 145 cm³/mol. The van der Waals surface area contributed by atoms with Gasteiger partial charge in [0.15, 0.2) is 0 Å². The molecule has 1 saturated carbocycles. The minimum absolute atomic E-state index is 0.0127. The van der Waals surface area contributed by atoms with Crippen molar-refractivity contribution in [2.45, 2.75) is 49.2 Å². The van der Waals surface area contributed by atoms with Crippen LogP contribution in [0.15, 0.2) is 65.7 Å². The Labute approximate surface area is 235 Å². The summed E-state index contributed by atoms with van der Waals surface area (Å²) in [4.78, 5) is 29.9. The number of primary sulfonamides is 1. The molecule has 0 aliphatic heterocycles. The van der Waals surface area contributed by atoms with E-state index in [1.807, 2.05) is 30.3 Å². The third kappa shape index (κ3) is 9.40.